The molecule has 0 saturated carbocycles. The first-order valence-corrected chi connectivity index (χ1v) is 12.6. The number of carbonyl (C=O) groups is 2. The van der Waals surface area contributed by atoms with Crippen molar-refractivity contribution in [3.63, 3.8) is 0 Å². The number of rotatable bonds is 9. The number of para-hydroxylation sites is 3. The number of carbonyl (C=O) groups excluding carboxylic acids is 2. The Hall–Kier alpha value is -3.77. The number of aryl methyl sites for hydroxylation is 3. The number of benzene rings is 3. The molecule has 9 heteroatoms. The summed E-state index contributed by atoms with van der Waals surface area (Å²) in [6.07, 6.45) is 0.173. The predicted molar refractivity (Wildman–Crippen MR) is 136 cm³/mol. The molecular weight excluding hydrogens is 483 g/mol. The summed E-state index contributed by atoms with van der Waals surface area (Å²) in [4.78, 5) is 20.8. The Morgan fingerprint density at radius 3 is 1.11 bits per heavy atom. The average molecular weight is 515 g/mol. The Bertz CT molecular complexity index is 1070. The van der Waals surface area contributed by atoms with Crippen molar-refractivity contribution in [2.75, 3.05) is 14.2 Å². The van der Waals surface area contributed by atoms with Gasteiger partial charge in [-0.25, -0.2) is 0 Å². The van der Waals surface area contributed by atoms with Crippen LogP contribution in [0.3, 0.4) is 0 Å². The molecule has 0 N–H and O–H groups in total. The standard InChI is InChI=1S/C21H21O4P.C6H10O4/c1-16-10-4-7-13-19(16)23-26(22,24-20-14-8-5-11-17(20)2)25-21-15-9-6-12-18(21)3;1-9-5(7)3-4-6(8)10-2/h4-15H,1-3H3;3-4H2,1-2H3. The second-order valence-electron chi connectivity index (χ2n) is 7.67. The van der Waals surface area contributed by atoms with Crippen LogP contribution in [-0.2, 0) is 23.6 Å². The number of hydrogen-bond acceptors (Lipinski definition) is 8. The third-order valence-electron chi connectivity index (χ3n) is 4.90. The molecule has 0 bridgehead atoms. The lowest BCUT2D eigenvalue weighted by atomic mass is 10.2. The van der Waals surface area contributed by atoms with Crippen LogP contribution < -0.4 is 13.6 Å². The maximum absolute atomic E-state index is 13.5. The second kappa shape index (κ2) is 14.0. The lowest BCUT2D eigenvalue weighted by Gasteiger charge is -2.21. The molecule has 0 unspecified atom stereocenters. The van der Waals surface area contributed by atoms with E-state index in [1.807, 2.05) is 75.4 Å². The van der Waals surface area contributed by atoms with Gasteiger partial charge in [-0.3, -0.25) is 9.59 Å². The number of ether oxygens (including phenoxy) is 2. The van der Waals surface area contributed by atoms with Crippen molar-refractivity contribution in [1.82, 2.24) is 0 Å². The summed E-state index contributed by atoms with van der Waals surface area (Å²) in [6, 6.07) is 22.0. The van der Waals surface area contributed by atoms with Gasteiger partial charge in [-0.1, -0.05) is 54.6 Å². The van der Waals surface area contributed by atoms with Crippen LogP contribution in [0.4, 0.5) is 0 Å². The van der Waals surface area contributed by atoms with Gasteiger partial charge in [0.25, 0.3) is 0 Å². The van der Waals surface area contributed by atoms with E-state index in [1.165, 1.54) is 14.2 Å². The molecule has 192 valence electrons. The highest BCUT2D eigenvalue weighted by atomic mass is 31.2. The summed E-state index contributed by atoms with van der Waals surface area (Å²) in [5, 5.41) is 0. The number of phosphoric ester groups is 1. The minimum absolute atomic E-state index is 0.0865. The zero-order valence-electron chi connectivity index (χ0n) is 21.1. The van der Waals surface area contributed by atoms with Crippen molar-refractivity contribution in [3.05, 3.63) is 89.5 Å². The molecule has 36 heavy (non-hydrogen) atoms. The average Bonchev–Trinajstić information content (AvgIpc) is 2.87. The summed E-state index contributed by atoms with van der Waals surface area (Å²) in [5.74, 6) is 0.574. The van der Waals surface area contributed by atoms with Crippen molar-refractivity contribution in [2.24, 2.45) is 0 Å². The van der Waals surface area contributed by atoms with Crippen LogP contribution in [0.5, 0.6) is 17.2 Å². The van der Waals surface area contributed by atoms with Gasteiger partial charge < -0.3 is 23.0 Å². The summed E-state index contributed by atoms with van der Waals surface area (Å²) in [6.45, 7) is 5.63. The fourth-order valence-corrected chi connectivity index (χ4v) is 4.25. The Morgan fingerprint density at radius 2 is 0.861 bits per heavy atom. The molecule has 8 nitrogen and oxygen atoms in total. The quantitative estimate of drug-likeness (QED) is 0.240. The third-order valence-corrected chi connectivity index (χ3v) is 6.16. The van der Waals surface area contributed by atoms with Crippen molar-refractivity contribution in [2.45, 2.75) is 33.6 Å². The molecule has 3 rings (SSSR count). The molecule has 0 aromatic heterocycles. The molecule has 0 saturated heterocycles. The maximum atomic E-state index is 13.5. The molecule has 0 atom stereocenters. The molecular formula is C27H31O8P. The van der Waals surface area contributed by atoms with Gasteiger partial charge in [-0.05, 0) is 55.7 Å². The Kier molecular flexibility index (Phi) is 11.0. The maximum Gasteiger partial charge on any atom is 0.647 e. The van der Waals surface area contributed by atoms with E-state index >= 15 is 0 Å². The van der Waals surface area contributed by atoms with Crippen LogP contribution in [0, 0.1) is 20.8 Å². The molecule has 3 aromatic carbocycles. The summed E-state index contributed by atoms with van der Waals surface area (Å²) >= 11 is 0. The fraction of sp³-hybridized carbons (Fsp3) is 0.259. The van der Waals surface area contributed by atoms with E-state index in [2.05, 4.69) is 9.47 Å². The highest BCUT2D eigenvalue weighted by Crippen LogP contribution is 2.51. The fourth-order valence-electron chi connectivity index (χ4n) is 2.80. The van der Waals surface area contributed by atoms with Gasteiger partial charge in [0.1, 0.15) is 17.2 Å². The first kappa shape index (κ1) is 28.5. The molecule has 0 amide bonds. The van der Waals surface area contributed by atoms with Crippen LogP contribution in [0.2, 0.25) is 0 Å². The zero-order valence-corrected chi connectivity index (χ0v) is 22.0. The van der Waals surface area contributed by atoms with E-state index in [4.69, 9.17) is 13.6 Å². The van der Waals surface area contributed by atoms with Crippen molar-refractivity contribution in [3.8, 4) is 17.2 Å². The topological polar surface area (TPSA) is 97.4 Å². The van der Waals surface area contributed by atoms with Gasteiger partial charge in [-0.2, -0.15) is 4.57 Å². The van der Waals surface area contributed by atoms with E-state index in [1.54, 1.807) is 18.2 Å². The monoisotopic (exact) mass is 514 g/mol. The van der Waals surface area contributed by atoms with Crippen LogP contribution in [0.15, 0.2) is 72.8 Å². The first-order valence-electron chi connectivity index (χ1n) is 11.2. The molecule has 0 spiro atoms. The minimum Gasteiger partial charge on any atom is -0.469 e. The summed E-state index contributed by atoms with van der Waals surface area (Å²) in [5.41, 5.74) is 2.53. The lowest BCUT2D eigenvalue weighted by molar-refractivity contribution is -0.147. The van der Waals surface area contributed by atoms with Gasteiger partial charge in [0.2, 0.25) is 0 Å². The van der Waals surface area contributed by atoms with Crippen molar-refractivity contribution >= 4 is 19.8 Å². The number of phosphoric acid groups is 1. The molecule has 0 heterocycles. The SMILES string of the molecule is COC(=O)CCC(=O)OC.Cc1ccccc1OP(=O)(Oc1ccccc1C)Oc1ccccc1C. The molecule has 0 radical (unpaired) electrons. The summed E-state index contributed by atoms with van der Waals surface area (Å²) in [7, 11) is -1.41. The second-order valence-corrected chi connectivity index (χ2v) is 9.11. The minimum atomic E-state index is -3.97. The van der Waals surface area contributed by atoms with Gasteiger partial charge in [0.05, 0.1) is 27.1 Å². The predicted octanol–water partition coefficient (Wildman–Crippen LogP) is 6.37. The van der Waals surface area contributed by atoms with Gasteiger partial charge in [0, 0.05) is 0 Å². The van der Waals surface area contributed by atoms with Crippen LogP contribution in [-0.4, -0.2) is 26.2 Å². The van der Waals surface area contributed by atoms with E-state index in [9.17, 15) is 14.2 Å². The lowest BCUT2D eigenvalue weighted by Crippen LogP contribution is -2.09. The van der Waals surface area contributed by atoms with Crippen LogP contribution in [0.1, 0.15) is 29.5 Å². The number of methoxy groups -OCH3 is 2. The van der Waals surface area contributed by atoms with Crippen LogP contribution >= 0.6 is 7.82 Å². The highest BCUT2D eigenvalue weighted by Gasteiger charge is 2.34. The summed E-state index contributed by atoms with van der Waals surface area (Å²) < 4.78 is 39.4. The zero-order chi connectivity index (χ0) is 26.6. The highest BCUT2D eigenvalue weighted by molar-refractivity contribution is 7.49. The third kappa shape index (κ3) is 9.12. The van der Waals surface area contributed by atoms with Crippen molar-refractivity contribution < 1.29 is 37.2 Å². The number of esters is 2. The van der Waals surface area contributed by atoms with E-state index in [0.717, 1.165) is 16.7 Å². The normalized spacial score (nSPS) is 10.4. The van der Waals surface area contributed by atoms with Gasteiger partial charge in [0.15, 0.2) is 0 Å². The molecule has 0 aliphatic heterocycles. The van der Waals surface area contributed by atoms with Gasteiger partial charge in [-0.15, -0.1) is 0 Å². The van der Waals surface area contributed by atoms with Gasteiger partial charge >= 0.3 is 19.8 Å². The number of hydrogen-bond donors (Lipinski definition) is 0. The van der Waals surface area contributed by atoms with E-state index < -0.39 is 19.8 Å². The van der Waals surface area contributed by atoms with Crippen LogP contribution in [0.25, 0.3) is 0 Å². The first-order chi connectivity index (χ1) is 17.2. The largest absolute Gasteiger partial charge is 0.647 e. The van der Waals surface area contributed by atoms with E-state index in [-0.39, 0.29) is 12.8 Å². The Balaban J connectivity index is 0.000000388. The molecule has 0 aliphatic carbocycles. The Morgan fingerprint density at radius 1 is 0.583 bits per heavy atom. The smallest absolute Gasteiger partial charge is 0.469 e. The van der Waals surface area contributed by atoms with Crippen molar-refractivity contribution in [1.29, 1.82) is 0 Å². The molecule has 0 fully saturated rings. The Labute approximate surface area is 211 Å². The van der Waals surface area contributed by atoms with E-state index in [0.29, 0.717) is 17.2 Å². The molecule has 0 aliphatic rings. The molecule has 3 aromatic rings.